The Morgan fingerprint density at radius 2 is 1.91 bits per heavy atom. The summed E-state index contributed by atoms with van der Waals surface area (Å²) in [4.78, 5) is 4.75. The molecule has 0 unspecified atom stereocenters. The molecule has 0 saturated carbocycles. The van der Waals surface area contributed by atoms with Crippen molar-refractivity contribution in [1.82, 2.24) is 15.1 Å². The average Bonchev–Trinajstić information content (AvgIpc) is 2.55. The third-order valence-electron chi connectivity index (χ3n) is 4.08. The number of fused-ring (bicyclic) bond motifs is 1. The van der Waals surface area contributed by atoms with Gasteiger partial charge in [-0.25, -0.2) is 0 Å². The summed E-state index contributed by atoms with van der Waals surface area (Å²) in [6.45, 7) is 8.64. The Bertz CT molecular complexity index is 744. The third-order valence-corrected chi connectivity index (χ3v) is 6.66. The first-order valence-corrected chi connectivity index (χ1v) is 9.95. The van der Waals surface area contributed by atoms with Gasteiger partial charge in [0.25, 0.3) is 0 Å². The molecule has 1 fully saturated rings. The van der Waals surface area contributed by atoms with Gasteiger partial charge in [0.1, 0.15) is 0 Å². The van der Waals surface area contributed by atoms with E-state index >= 15 is 0 Å². The second-order valence-corrected chi connectivity index (χ2v) is 9.87. The third kappa shape index (κ3) is 3.49. The molecule has 1 aromatic heterocycles. The van der Waals surface area contributed by atoms with Gasteiger partial charge in [-0.15, -0.1) is 0 Å². The molecule has 2 heterocycles. The quantitative estimate of drug-likeness (QED) is 0.765. The predicted molar refractivity (Wildman–Crippen MR) is 94.4 cm³/mol. The average molecular weight is 370 g/mol. The number of rotatable bonds is 3. The van der Waals surface area contributed by atoms with Gasteiger partial charge in [-0.3, -0.25) is 0 Å². The predicted octanol–water partition coefficient (Wildman–Crippen LogP) is 1.41. The zero-order chi connectivity index (χ0) is 16.4. The van der Waals surface area contributed by atoms with E-state index in [2.05, 4.69) is 65.2 Å². The number of anilines is 1. The second-order valence-electron chi connectivity index (χ2n) is 6.22. The number of nitriles is 1. The van der Waals surface area contributed by atoms with Crippen molar-refractivity contribution in [3.8, 4) is 6.07 Å². The van der Waals surface area contributed by atoms with Gasteiger partial charge in [0.2, 0.25) is 0 Å². The van der Waals surface area contributed by atoms with Gasteiger partial charge in [-0.1, -0.05) is 0 Å². The van der Waals surface area contributed by atoms with Gasteiger partial charge in [0.05, 0.1) is 0 Å². The Labute approximate surface area is 144 Å². The monoisotopic (exact) mass is 370 g/mol. The molecule has 0 spiro atoms. The van der Waals surface area contributed by atoms with E-state index in [4.69, 9.17) is 0 Å². The number of likely N-dealkylation sites (N-methyl/N-ethyl adjacent to an activating group) is 1. The molecule has 23 heavy (non-hydrogen) atoms. The molecule has 2 aromatic rings. The first kappa shape index (κ1) is 16.2. The van der Waals surface area contributed by atoms with Gasteiger partial charge in [-0.05, 0) is 0 Å². The van der Waals surface area contributed by atoms with Crippen LogP contribution in [0, 0.1) is 11.3 Å². The molecule has 1 radical (unpaired) electrons. The Morgan fingerprint density at radius 3 is 2.57 bits per heavy atom. The minimum atomic E-state index is -0.0788. The van der Waals surface area contributed by atoms with Gasteiger partial charge in [0, 0.05) is 0 Å². The van der Waals surface area contributed by atoms with Crippen LogP contribution in [-0.4, -0.2) is 64.1 Å². The molecule has 119 valence electrons. The van der Waals surface area contributed by atoms with Crippen molar-refractivity contribution in [3.05, 3.63) is 23.9 Å². The summed E-state index contributed by atoms with van der Waals surface area (Å²) in [5.41, 5.74) is 2.61. The van der Waals surface area contributed by atoms with E-state index in [0.29, 0.717) is 10.4 Å². The van der Waals surface area contributed by atoms with Crippen molar-refractivity contribution in [1.29, 1.82) is 5.26 Å². The number of nitrogens with zero attached hydrogens (tertiary/aromatic N) is 5. The van der Waals surface area contributed by atoms with Crippen LogP contribution in [0.5, 0.6) is 0 Å². The summed E-state index contributed by atoms with van der Waals surface area (Å²) in [5.74, 6) is 0. The molecule has 0 aliphatic carbocycles. The molecule has 3 rings (SSSR count). The minimum absolute atomic E-state index is 0.0788. The van der Waals surface area contributed by atoms with Crippen LogP contribution in [0.3, 0.4) is 0 Å². The maximum absolute atomic E-state index is 9.32. The van der Waals surface area contributed by atoms with Crippen LogP contribution in [0.2, 0.25) is 4.71 Å². The first-order valence-electron chi connectivity index (χ1n) is 7.93. The molecule has 0 atom stereocenters. The molecule has 1 aliphatic heterocycles. The van der Waals surface area contributed by atoms with Crippen molar-refractivity contribution in [2.75, 3.05) is 38.1 Å². The van der Waals surface area contributed by atoms with Crippen molar-refractivity contribution >= 4 is 36.7 Å². The molecular formula is C17H21AsN5. The summed E-state index contributed by atoms with van der Waals surface area (Å²) < 4.78 is 1.69. The molecule has 1 saturated heterocycles. The van der Waals surface area contributed by atoms with E-state index in [9.17, 15) is 5.26 Å². The Balaban J connectivity index is 1.99. The van der Waals surface area contributed by atoms with Crippen molar-refractivity contribution in [2.24, 2.45) is 0 Å². The fourth-order valence-electron chi connectivity index (χ4n) is 2.81. The topological polar surface area (TPSA) is 56.1 Å². The zero-order valence-electron chi connectivity index (χ0n) is 13.8. The number of hydrogen-bond acceptors (Lipinski definition) is 5. The van der Waals surface area contributed by atoms with Gasteiger partial charge in [-0.2, -0.15) is 0 Å². The summed E-state index contributed by atoms with van der Waals surface area (Å²) in [7, 11) is 2.16. The number of piperazine rings is 1. The number of aromatic nitrogens is 2. The standard InChI is InChI=1S/C17H21AsN5/c1-12(2)18-17-14-5-4-13(23-8-6-22(3)7-9-23)10-15(14)20-21-16(17)11-19/h4-5,10,12H,6-9H2,1-3H3. The van der Waals surface area contributed by atoms with E-state index in [1.807, 2.05) is 0 Å². The summed E-state index contributed by atoms with van der Waals surface area (Å²) in [6.07, 6.45) is 0. The summed E-state index contributed by atoms with van der Waals surface area (Å²) in [5, 5.41) is 18.9. The van der Waals surface area contributed by atoms with Crippen LogP contribution in [0.4, 0.5) is 5.69 Å². The van der Waals surface area contributed by atoms with Gasteiger partial charge in [0.15, 0.2) is 0 Å². The normalized spacial score (nSPS) is 16.6. The molecule has 1 aromatic carbocycles. The Morgan fingerprint density at radius 1 is 1.17 bits per heavy atom. The van der Waals surface area contributed by atoms with E-state index in [1.165, 1.54) is 5.69 Å². The number of benzene rings is 1. The van der Waals surface area contributed by atoms with E-state index in [1.54, 1.807) is 0 Å². The van der Waals surface area contributed by atoms with Crippen molar-refractivity contribution < 1.29 is 0 Å². The van der Waals surface area contributed by atoms with Gasteiger partial charge >= 0.3 is 144 Å². The van der Waals surface area contributed by atoms with Gasteiger partial charge < -0.3 is 0 Å². The van der Waals surface area contributed by atoms with Crippen LogP contribution >= 0.6 is 0 Å². The van der Waals surface area contributed by atoms with Crippen LogP contribution in [0.15, 0.2) is 18.2 Å². The van der Waals surface area contributed by atoms with Crippen LogP contribution in [-0.2, 0) is 0 Å². The maximum atomic E-state index is 9.32. The van der Waals surface area contributed by atoms with Crippen molar-refractivity contribution in [3.63, 3.8) is 0 Å². The fourth-order valence-corrected chi connectivity index (χ4v) is 5.03. The SMILES string of the molecule is CC(C)[As]c1c(C#N)nnc2cc(N3CCN(C)CC3)ccc12. The van der Waals surface area contributed by atoms with E-state index in [-0.39, 0.29) is 15.8 Å². The summed E-state index contributed by atoms with van der Waals surface area (Å²) in [6, 6.07) is 8.63. The van der Waals surface area contributed by atoms with Crippen LogP contribution in [0.1, 0.15) is 19.5 Å². The van der Waals surface area contributed by atoms with E-state index in [0.717, 1.165) is 41.4 Å². The van der Waals surface area contributed by atoms with E-state index < -0.39 is 0 Å². The Kier molecular flexibility index (Phi) is 4.84. The molecule has 1 aliphatic rings. The molecule has 6 heteroatoms. The fraction of sp³-hybridized carbons (Fsp3) is 0.471. The van der Waals surface area contributed by atoms with Crippen LogP contribution < -0.4 is 9.25 Å². The molecular weight excluding hydrogens is 349 g/mol. The molecule has 0 N–H and O–H groups in total. The van der Waals surface area contributed by atoms with Crippen LogP contribution in [0.25, 0.3) is 10.9 Å². The zero-order valence-corrected chi connectivity index (χ0v) is 15.7. The second kappa shape index (κ2) is 6.86. The molecule has 5 nitrogen and oxygen atoms in total. The molecule has 0 amide bonds. The molecule has 0 bridgehead atoms. The summed E-state index contributed by atoms with van der Waals surface area (Å²) >= 11 is -0.0788. The van der Waals surface area contributed by atoms with Crippen molar-refractivity contribution in [2.45, 2.75) is 18.6 Å². The number of hydrogen-bond donors (Lipinski definition) is 0. The Hall–Kier alpha value is -1.63. The first-order chi connectivity index (χ1) is 11.1.